The second kappa shape index (κ2) is 7.72. The minimum absolute atomic E-state index is 0.0540. The van der Waals surface area contributed by atoms with Crippen LogP contribution in [0.4, 0.5) is 8.78 Å². The Morgan fingerprint density at radius 3 is 2.43 bits per heavy atom. The zero-order valence-electron chi connectivity index (χ0n) is 18.6. The van der Waals surface area contributed by atoms with Crippen LogP contribution < -0.4 is 0 Å². The van der Waals surface area contributed by atoms with E-state index in [0.29, 0.717) is 29.1 Å². The molecular weight excluding hydrogens is 370 g/mol. The number of thioether (sulfide) groups is 1. The Balaban J connectivity index is 1.47. The third-order valence-electron chi connectivity index (χ3n) is 10.5. The highest BCUT2D eigenvalue weighted by atomic mass is 32.2. The number of hydrogen-bond donors (Lipinski definition) is 0. The molecule has 0 saturated heterocycles. The lowest BCUT2D eigenvalue weighted by Gasteiger charge is -2.61. The minimum atomic E-state index is -2.54. The van der Waals surface area contributed by atoms with Crippen molar-refractivity contribution in [1.29, 1.82) is 0 Å². The summed E-state index contributed by atoms with van der Waals surface area (Å²) in [7, 11) is 0. The highest BCUT2D eigenvalue weighted by Crippen LogP contribution is 2.68. The number of rotatable bonds is 5. The van der Waals surface area contributed by atoms with E-state index < -0.39 is 5.25 Å². The fourth-order valence-corrected chi connectivity index (χ4v) is 9.29. The predicted octanol–water partition coefficient (Wildman–Crippen LogP) is 8.41. The average molecular weight is 413 g/mol. The molecule has 28 heavy (non-hydrogen) atoms. The van der Waals surface area contributed by atoms with Crippen LogP contribution in [0.1, 0.15) is 97.8 Å². The van der Waals surface area contributed by atoms with E-state index in [1.54, 1.807) is 6.26 Å². The third-order valence-corrected chi connectivity index (χ3v) is 11.3. The number of alkyl halides is 2. The second-order valence-corrected chi connectivity index (χ2v) is 12.5. The maximum Gasteiger partial charge on any atom is 0.293 e. The molecule has 0 nitrogen and oxygen atoms in total. The first-order valence-electron chi connectivity index (χ1n) is 12.1. The van der Waals surface area contributed by atoms with Crippen molar-refractivity contribution in [3.8, 4) is 0 Å². The normalized spacial score (nSPS) is 47.1. The molecule has 0 heterocycles. The van der Waals surface area contributed by atoms with Crippen LogP contribution in [0.15, 0.2) is 0 Å². The second-order valence-electron chi connectivity index (χ2n) is 11.5. The molecule has 0 N–H and O–H groups in total. The van der Waals surface area contributed by atoms with Crippen LogP contribution >= 0.6 is 11.8 Å². The van der Waals surface area contributed by atoms with Crippen molar-refractivity contribution < 1.29 is 8.78 Å². The lowest BCUT2D eigenvalue weighted by Crippen LogP contribution is -2.53. The van der Waals surface area contributed by atoms with Gasteiger partial charge in [0.15, 0.2) is 0 Å². The maximum atomic E-state index is 13.8. The summed E-state index contributed by atoms with van der Waals surface area (Å²) in [6, 6.07) is 0. The molecule has 0 radical (unpaired) electrons. The van der Waals surface area contributed by atoms with Gasteiger partial charge in [0.2, 0.25) is 0 Å². The molecule has 3 heteroatoms. The van der Waals surface area contributed by atoms with Gasteiger partial charge in [0.25, 0.3) is 5.25 Å². The van der Waals surface area contributed by atoms with Crippen LogP contribution in [-0.4, -0.2) is 11.5 Å². The molecule has 0 bridgehead atoms. The van der Waals surface area contributed by atoms with E-state index >= 15 is 0 Å². The summed E-state index contributed by atoms with van der Waals surface area (Å²) >= 11 is 0.725. The molecule has 4 saturated carbocycles. The fourth-order valence-electron chi connectivity index (χ4n) is 8.97. The van der Waals surface area contributed by atoms with Gasteiger partial charge >= 0.3 is 0 Å². The van der Waals surface area contributed by atoms with Crippen LogP contribution in [0, 0.1) is 46.3 Å². The van der Waals surface area contributed by atoms with Gasteiger partial charge in [-0.1, -0.05) is 45.4 Å². The SMILES string of the molecule is CSC(F)(F)CC[C@@H](C)[C@H]1CC[C@H]2[C@@H]3CCC4CCCC[C@]4(C)[C@H]3CC[C@]12C. The van der Waals surface area contributed by atoms with Crippen LogP contribution in [0.2, 0.25) is 0 Å². The standard InChI is InChI=1S/C25H42F2S/c1-17(12-16-25(26,27)28-4)20-10-11-21-19-9-8-18-7-5-6-14-23(18,2)22(19)13-15-24(20,21)3/h17-22H,5-16H2,1-4H3/t17-,18?,19+,20-,21+,22+,23+,24-/m1/s1. The molecule has 8 atom stereocenters. The molecule has 0 amide bonds. The Labute approximate surface area is 176 Å². The van der Waals surface area contributed by atoms with Crippen LogP contribution in [0.3, 0.4) is 0 Å². The molecule has 0 aromatic heterocycles. The van der Waals surface area contributed by atoms with Gasteiger partial charge < -0.3 is 0 Å². The largest absolute Gasteiger partial charge is 0.293 e. The van der Waals surface area contributed by atoms with Gasteiger partial charge in [-0.2, -0.15) is 8.78 Å². The van der Waals surface area contributed by atoms with Gasteiger partial charge in [0.1, 0.15) is 0 Å². The Morgan fingerprint density at radius 1 is 0.929 bits per heavy atom. The molecule has 1 unspecified atom stereocenters. The Hall–Kier alpha value is 0.210. The molecular formula is C25H42F2S. The third kappa shape index (κ3) is 3.48. The molecule has 162 valence electrons. The number of halogens is 2. The Morgan fingerprint density at radius 2 is 1.68 bits per heavy atom. The first-order valence-corrected chi connectivity index (χ1v) is 13.4. The van der Waals surface area contributed by atoms with E-state index in [9.17, 15) is 8.78 Å². The highest BCUT2D eigenvalue weighted by Gasteiger charge is 2.60. The van der Waals surface area contributed by atoms with E-state index in [2.05, 4.69) is 20.8 Å². The summed E-state index contributed by atoms with van der Waals surface area (Å²) in [6.45, 7) is 7.49. The molecule has 0 aromatic carbocycles. The zero-order chi connectivity index (χ0) is 20.2. The lowest BCUT2D eigenvalue weighted by atomic mass is 9.44. The van der Waals surface area contributed by atoms with Gasteiger partial charge in [-0.15, -0.1) is 0 Å². The molecule has 4 aliphatic rings. The maximum absolute atomic E-state index is 13.8. The Bertz CT molecular complexity index is 563. The number of fused-ring (bicyclic) bond motifs is 5. The first kappa shape index (κ1) is 21.4. The highest BCUT2D eigenvalue weighted by molar-refractivity contribution is 7.99. The zero-order valence-corrected chi connectivity index (χ0v) is 19.4. The molecule has 4 fully saturated rings. The summed E-state index contributed by atoms with van der Waals surface area (Å²) in [5, 5.41) is -2.54. The molecule has 0 aromatic rings. The van der Waals surface area contributed by atoms with Crippen LogP contribution in [0.25, 0.3) is 0 Å². The fraction of sp³-hybridized carbons (Fsp3) is 1.00. The topological polar surface area (TPSA) is 0 Å². The van der Waals surface area contributed by atoms with Gasteiger partial charge in [-0.05, 0) is 110 Å². The van der Waals surface area contributed by atoms with Crippen molar-refractivity contribution in [2.75, 3.05) is 6.26 Å². The molecule has 4 rings (SSSR count). The van der Waals surface area contributed by atoms with Gasteiger partial charge in [-0.3, -0.25) is 0 Å². The smallest absolute Gasteiger partial charge is 0.194 e. The predicted molar refractivity (Wildman–Crippen MR) is 117 cm³/mol. The Kier molecular flexibility index (Phi) is 5.91. The summed E-state index contributed by atoms with van der Waals surface area (Å²) in [6.07, 6.45) is 16.5. The van der Waals surface area contributed by atoms with E-state index in [4.69, 9.17) is 0 Å². The summed E-state index contributed by atoms with van der Waals surface area (Å²) in [4.78, 5) is 0. The van der Waals surface area contributed by atoms with E-state index in [0.717, 1.165) is 35.4 Å². The van der Waals surface area contributed by atoms with Crippen LogP contribution in [-0.2, 0) is 0 Å². The van der Waals surface area contributed by atoms with Crippen molar-refractivity contribution >= 4 is 11.8 Å². The number of hydrogen-bond acceptors (Lipinski definition) is 1. The quantitative estimate of drug-likeness (QED) is 0.437. The van der Waals surface area contributed by atoms with Crippen molar-refractivity contribution in [2.24, 2.45) is 46.3 Å². The van der Waals surface area contributed by atoms with Crippen molar-refractivity contribution in [1.82, 2.24) is 0 Å². The molecule has 0 spiro atoms. The van der Waals surface area contributed by atoms with Crippen LogP contribution in [0.5, 0.6) is 0 Å². The monoisotopic (exact) mass is 412 g/mol. The van der Waals surface area contributed by atoms with E-state index in [-0.39, 0.29) is 6.42 Å². The summed E-state index contributed by atoms with van der Waals surface area (Å²) < 4.78 is 27.6. The van der Waals surface area contributed by atoms with Gasteiger partial charge in [0, 0.05) is 6.42 Å². The lowest BCUT2D eigenvalue weighted by molar-refractivity contribution is -0.114. The van der Waals surface area contributed by atoms with E-state index in [1.165, 1.54) is 64.2 Å². The summed E-state index contributed by atoms with van der Waals surface area (Å²) in [5.74, 6) is 4.80. The molecule has 0 aliphatic heterocycles. The molecule has 4 aliphatic carbocycles. The van der Waals surface area contributed by atoms with Gasteiger partial charge in [-0.25, -0.2) is 0 Å². The summed E-state index contributed by atoms with van der Waals surface area (Å²) in [5.41, 5.74) is 1.01. The van der Waals surface area contributed by atoms with Gasteiger partial charge in [0.05, 0.1) is 0 Å². The van der Waals surface area contributed by atoms with Crippen molar-refractivity contribution in [3.63, 3.8) is 0 Å². The minimum Gasteiger partial charge on any atom is -0.194 e. The van der Waals surface area contributed by atoms with Crippen molar-refractivity contribution in [2.45, 2.75) is 103 Å². The first-order chi connectivity index (χ1) is 13.2. The van der Waals surface area contributed by atoms with E-state index in [1.807, 2.05) is 0 Å². The van der Waals surface area contributed by atoms with Crippen molar-refractivity contribution in [3.05, 3.63) is 0 Å². The average Bonchev–Trinajstić information content (AvgIpc) is 3.03.